The van der Waals surface area contributed by atoms with Crippen LogP contribution in [-0.4, -0.2) is 26.4 Å². The van der Waals surface area contributed by atoms with E-state index in [1.807, 2.05) is 114 Å². The van der Waals surface area contributed by atoms with E-state index in [-0.39, 0.29) is 11.9 Å². The van der Waals surface area contributed by atoms with Crippen LogP contribution in [0.25, 0.3) is 16.9 Å². The average Bonchev–Trinajstić information content (AvgIpc) is 3.69. The number of carbonyl (C=O) groups is 1. The molecule has 35 heavy (non-hydrogen) atoms. The lowest BCUT2D eigenvalue weighted by molar-refractivity contribution is 0.0711. The molecule has 1 atom stereocenters. The number of hydrogen-bond acceptors (Lipinski definition) is 4. The summed E-state index contributed by atoms with van der Waals surface area (Å²) in [7, 11) is 0. The molecule has 0 saturated heterocycles. The number of benzene rings is 3. The van der Waals surface area contributed by atoms with Crippen LogP contribution >= 0.6 is 0 Å². The molecule has 0 saturated carbocycles. The van der Waals surface area contributed by atoms with Crippen molar-refractivity contribution < 1.29 is 9.21 Å². The van der Waals surface area contributed by atoms with Crippen LogP contribution < -0.4 is 0 Å². The fourth-order valence-corrected chi connectivity index (χ4v) is 4.41. The molecule has 1 aliphatic heterocycles. The fraction of sp³-hybridized carbons (Fsp3) is 0.0690. The molecule has 0 fully saturated rings. The Morgan fingerprint density at radius 1 is 0.829 bits per heavy atom. The summed E-state index contributed by atoms with van der Waals surface area (Å²) < 4.78 is 7.50. The molecular weight excluding hydrogens is 436 g/mol. The van der Waals surface area contributed by atoms with Gasteiger partial charge in [-0.2, -0.15) is 10.2 Å². The first-order chi connectivity index (χ1) is 17.3. The second-order valence-corrected chi connectivity index (χ2v) is 8.34. The van der Waals surface area contributed by atoms with Crippen LogP contribution in [0.4, 0.5) is 0 Å². The molecule has 1 aliphatic rings. The maximum absolute atomic E-state index is 13.6. The lowest BCUT2D eigenvalue weighted by Crippen LogP contribution is -2.27. The monoisotopic (exact) mass is 458 g/mol. The Balaban J connectivity index is 1.49. The van der Waals surface area contributed by atoms with Gasteiger partial charge in [-0.1, -0.05) is 66.7 Å². The molecule has 0 radical (unpaired) electrons. The Labute approximate surface area is 202 Å². The van der Waals surface area contributed by atoms with Crippen LogP contribution in [0.5, 0.6) is 0 Å². The van der Waals surface area contributed by atoms with Crippen LogP contribution in [-0.2, 0) is 0 Å². The van der Waals surface area contributed by atoms with Gasteiger partial charge in [0, 0.05) is 29.3 Å². The minimum atomic E-state index is -0.338. The molecule has 0 spiro atoms. The lowest BCUT2D eigenvalue weighted by atomic mass is 9.97. The summed E-state index contributed by atoms with van der Waals surface area (Å²) in [4.78, 5) is 13.6. The molecule has 170 valence electrons. The van der Waals surface area contributed by atoms with E-state index in [2.05, 4.69) is 0 Å². The highest BCUT2D eigenvalue weighted by atomic mass is 16.3. The van der Waals surface area contributed by atoms with Crippen LogP contribution in [0.1, 0.15) is 34.1 Å². The standard InChI is InChI=1S/C29H22N4O2/c34-29(22-13-6-2-7-14-22)33-26(19-25(30-33)27-17-10-18-35-27)24-20-32(23-15-8-3-9-16-23)31-28(24)21-11-4-1-5-12-21/h1-18,20,26H,19H2. The molecule has 0 N–H and O–H groups in total. The Morgan fingerprint density at radius 3 is 2.20 bits per heavy atom. The minimum absolute atomic E-state index is 0.163. The zero-order valence-electron chi connectivity index (χ0n) is 18.9. The van der Waals surface area contributed by atoms with E-state index in [1.165, 1.54) is 0 Å². The molecule has 1 amide bonds. The van der Waals surface area contributed by atoms with Gasteiger partial charge in [0.05, 0.1) is 23.7 Å². The van der Waals surface area contributed by atoms with Crippen LogP contribution in [0.3, 0.4) is 0 Å². The van der Waals surface area contributed by atoms with E-state index in [4.69, 9.17) is 14.6 Å². The quantitative estimate of drug-likeness (QED) is 0.319. The summed E-state index contributed by atoms with van der Waals surface area (Å²) in [5, 5.41) is 11.3. The van der Waals surface area contributed by atoms with Crippen molar-refractivity contribution >= 4 is 11.6 Å². The molecule has 0 bridgehead atoms. The van der Waals surface area contributed by atoms with Gasteiger partial charge in [-0.05, 0) is 36.4 Å². The summed E-state index contributed by atoms with van der Waals surface area (Å²) in [6, 6.07) is 32.6. The van der Waals surface area contributed by atoms with Crippen molar-refractivity contribution in [1.82, 2.24) is 14.8 Å². The first-order valence-corrected chi connectivity index (χ1v) is 11.5. The fourth-order valence-electron chi connectivity index (χ4n) is 4.41. The van der Waals surface area contributed by atoms with E-state index < -0.39 is 0 Å². The number of para-hydroxylation sites is 1. The smallest absolute Gasteiger partial charge is 0.274 e. The average molecular weight is 459 g/mol. The van der Waals surface area contributed by atoms with E-state index in [9.17, 15) is 4.79 Å². The highest BCUT2D eigenvalue weighted by Gasteiger charge is 2.37. The maximum Gasteiger partial charge on any atom is 0.274 e. The van der Waals surface area contributed by atoms with Crippen molar-refractivity contribution in [2.45, 2.75) is 12.5 Å². The van der Waals surface area contributed by atoms with Gasteiger partial charge in [-0.25, -0.2) is 9.69 Å². The number of aromatic nitrogens is 2. The second-order valence-electron chi connectivity index (χ2n) is 8.34. The van der Waals surface area contributed by atoms with Crippen molar-refractivity contribution in [3.63, 3.8) is 0 Å². The topological polar surface area (TPSA) is 63.6 Å². The Hall–Kier alpha value is -4.71. The normalized spacial score (nSPS) is 15.3. The molecular formula is C29H22N4O2. The third kappa shape index (κ3) is 3.95. The van der Waals surface area contributed by atoms with E-state index >= 15 is 0 Å². The second kappa shape index (κ2) is 8.91. The first kappa shape index (κ1) is 20.9. The number of hydrazone groups is 1. The Bertz CT molecular complexity index is 1470. The van der Waals surface area contributed by atoms with Gasteiger partial charge < -0.3 is 4.42 Å². The van der Waals surface area contributed by atoms with E-state index in [0.29, 0.717) is 17.7 Å². The predicted molar refractivity (Wildman–Crippen MR) is 134 cm³/mol. The van der Waals surface area contributed by atoms with Gasteiger partial charge >= 0.3 is 0 Å². The van der Waals surface area contributed by atoms with Gasteiger partial charge in [0.1, 0.15) is 11.5 Å². The van der Waals surface area contributed by atoms with Gasteiger partial charge in [-0.3, -0.25) is 4.79 Å². The summed E-state index contributed by atoms with van der Waals surface area (Å²) in [5.41, 5.74) is 4.99. The van der Waals surface area contributed by atoms with Crippen molar-refractivity contribution in [2.24, 2.45) is 5.10 Å². The number of amides is 1. The number of carbonyl (C=O) groups excluding carboxylic acids is 1. The van der Waals surface area contributed by atoms with Gasteiger partial charge in [0.2, 0.25) is 0 Å². The van der Waals surface area contributed by atoms with E-state index in [0.717, 1.165) is 28.2 Å². The number of nitrogens with zero attached hydrogens (tertiary/aromatic N) is 4. The lowest BCUT2D eigenvalue weighted by Gasteiger charge is -2.22. The first-order valence-electron chi connectivity index (χ1n) is 11.5. The minimum Gasteiger partial charge on any atom is -0.463 e. The van der Waals surface area contributed by atoms with Gasteiger partial charge in [0.15, 0.2) is 0 Å². The van der Waals surface area contributed by atoms with Crippen LogP contribution in [0.2, 0.25) is 0 Å². The summed E-state index contributed by atoms with van der Waals surface area (Å²) in [6.45, 7) is 0. The number of rotatable bonds is 5. The zero-order valence-corrected chi connectivity index (χ0v) is 18.9. The van der Waals surface area contributed by atoms with Crippen LogP contribution in [0.15, 0.2) is 125 Å². The predicted octanol–water partition coefficient (Wildman–Crippen LogP) is 6.12. The van der Waals surface area contributed by atoms with Gasteiger partial charge in [0.25, 0.3) is 5.91 Å². The number of furan rings is 1. The van der Waals surface area contributed by atoms with Crippen LogP contribution in [0, 0.1) is 0 Å². The highest BCUT2D eigenvalue weighted by Crippen LogP contribution is 2.39. The van der Waals surface area contributed by atoms with Gasteiger partial charge in [-0.15, -0.1) is 0 Å². The Morgan fingerprint density at radius 2 is 1.51 bits per heavy atom. The molecule has 1 unspecified atom stereocenters. The molecule has 6 rings (SSSR count). The molecule has 3 heterocycles. The molecule has 3 aromatic carbocycles. The maximum atomic E-state index is 13.6. The summed E-state index contributed by atoms with van der Waals surface area (Å²) >= 11 is 0. The van der Waals surface area contributed by atoms with Crippen molar-refractivity contribution in [3.05, 3.63) is 132 Å². The summed E-state index contributed by atoms with van der Waals surface area (Å²) in [5.74, 6) is 0.499. The molecule has 5 aromatic rings. The Kier molecular flexibility index (Phi) is 5.31. The third-order valence-electron chi connectivity index (χ3n) is 6.11. The molecule has 0 aliphatic carbocycles. The van der Waals surface area contributed by atoms with Crippen molar-refractivity contribution in [3.8, 4) is 16.9 Å². The van der Waals surface area contributed by atoms with E-state index in [1.54, 1.807) is 11.3 Å². The van der Waals surface area contributed by atoms with Crippen molar-refractivity contribution in [1.29, 1.82) is 0 Å². The number of hydrogen-bond donors (Lipinski definition) is 0. The largest absolute Gasteiger partial charge is 0.463 e. The summed E-state index contributed by atoms with van der Waals surface area (Å²) in [6.07, 6.45) is 4.15. The highest BCUT2D eigenvalue weighted by molar-refractivity contribution is 6.03. The third-order valence-corrected chi connectivity index (χ3v) is 6.11. The SMILES string of the molecule is O=C(c1ccccc1)N1N=C(c2ccco2)CC1c1cn(-c2ccccc2)nc1-c1ccccc1. The molecule has 6 nitrogen and oxygen atoms in total. The molecule has 2 aromatic heterocycles. The molecule has 6 heteroatoms. The zero-order chi connectivity index (χ0) is 23.6. The van der Waals surface area contributed by atoms with Crippen molar-refractivity contribution in [2.75, 3.05) is 0 Å².